The molecule has 1 aliphatic carbocycles. The van der Waals surface area contributed by atoms with Gasteiger partial charge in [-0.3, -0.25) is 0 Å². The molecular weight excluding hydrogens is 306 g/mol. The molecule has 1 aromatic heterocycles. The van der Waals surface area contributed by atoms with Crippen molar-refractivity contribution in [1.82, 2.24) is 14.3 Å². The Morgan fingerprint density at radius 1 is 1.53 bits per heavy atom. The van der Waals surface area contributed by atoms with E-state index in [1.807, 2.05) is 0 Å². The summed E-state index contributed by atoms with van der Waals surface area (Å²) >= 11 is 3.41. The Morgan fingerprint density at radius 3 is 2.65 bits per heavy atom. The molecule has 2 rings (SSSR count). The summed E-state index contributed by atoms with van der Waals surface area (Å²) in [4.78, 5) is 3.89. The van der Waals surface area contributed by atoms with Gasteiger partial charge in [0.25, 0.3) is 10.0 Å². The Kier molecular flexibility index (Phi) is 3.61. The number of hydrogen-bond acceptors (Lipinski definition) is 3. The van der Waals surface area contributed by atoms with Crippen molar-refractivity contribution in [3.63, 3.8) is 0 Å². The highest BCUT2D eigenvalue weighted by molar-refractivity contribution is 9.09. The lowest BCUT2D eigenvalue weighted by molar-refractivity contribution is 0.437. The van der Waals surface area contributed by atoms with Crippen LogP contribution < -0.4 is 4.72 Å². The van der Waals surface area contributed by atoms with Crippen molar-refractivity contribution in [3.8, 4) is 0 Å². The Labute approximate surface area is 110 Å². The number of sulfonamides is 1. The van der Waals surface area contributed by atoms with Gasteiger partial charge in [-0.25, -0.2) is 18.1 Å². The number of nitrogens with zero attached hydrogens (tertiary/aromatic N) is 2. The predicted octanol–water partition coefficient (Wildman–Crippen LogP) is 1.41. The molecule has 0 amide bonds. The number of rotatable bonds is 4. The summed E-state index contributed by atoms with van der Waals surface area (Å²) in [7, 11) is -1.75. The summed E-state index contributed by atoms with van der Waals surface area (Å²) < 4.78 is 28.7. The van der Waals surface area contributed by atoms with E-state index in [1.54, 1.807) is 11.6 Å². The lowest BCUT2D eigenvalue weighted by Crippen LogP contribution is -2.47. The van der Waals surface area contributed by atoms with Crippen LogP contribution in [0.15, 0.2) is 17.6 Å². The van der Waals surface area contributed by atoms with Crippen LogP contribution in [0.3, 0.4) is 0 Å². The first-order valence-corrected chi connectivity index (χ1v) is 8.16. The minimum atomic E-state index is -3.51. The van der Waals surface area contributed by atoms with E-state index in [0.717, 1.165) is 25.7 Å². The van der Waals surface area contributed by atoms with E-state index in [2.05, 4.69) is 25.6 Å². The van der Waals surface area contributed by atoms with Gasteiger partial charge in [0.2, 0.25) is 0 Å². The van der Waals surface area contributed by atoms with Crippen molar-refractivity contribution in [3.05, 3.63) is 12.5 Å². The summed E-state index contributed by atoms with van der Waals surface area (Å²) in [6.07, 6.45) is 6.89. The first-order valence-electron chi connectivity index (χ1n) is 5.55. The van der Waals surface area contributed by atoms with E-state index in [4.69, 9.17) is 0 Å². The summed E-state index contributed by atoms with van der Waals surface area (Å²) in [5.41, 5.74) is -0.337. The normalized spacial score (nSPS) is 19.6. The first-order chi connectivity index (χ1) is 7.97. The van der Waals surface area contributed by atoms with E-state index in [9.17, 15) is 8.42 Å². The zero-order chi connectivity index (χ0) is 12.5. The number of nitrogens with one attached hydrogen (secondary N) is 1. The Balaban J connectivity index is 2.22. The fourth-order valence-corrected chi connectivity index (χ4v) is 4.51. The van der Waals surface area contributed by atoms with E-state index < -0.39 is 10.0 Å². The molecule has 1 saturated carbocycles. The maximum Gasteiger partial charge on any atom is 0.260 e. The van der Waals surface area contributed by atoms with Gasteiger partial charge in [-0.05, 0) is 12.8 Å². The van der Waals surface area contributed by atoms with Crippen LogP contribution in [0.1, 0.15) is 25.7 Å². The van der Waals surface area contributed by atoms with Crippen LogP contribution >= 0.6 is 15.9 Å². The molecular formula is C10H16BrN3O2S. The summed E-state index contributed by atoms with van der Waals surface area (Å²) in [6, 6.07) is 0. The number of halogens is 1. The van der Waals surface area contributed by atoms with Crippen molar-refractivity contribution in [1.29, 1.82) is 0 Å². The van der Waals surface area contributed by atoms with Crippen molar-refractivity contribution >= 4 is 26.0 Å². The van der Waals surface area contributed by atoms with Gasteiger partial charge in [-0.2, -0.15) is 0 Å². The molecule has 1 heterocycles. The molecule has 0 saturated heterocycles. The molecule has 0 aromatic carbocycles. The van der Waals surface area contributed by atoms with Gasteiger partial charge in [-0.1, -0.05) is 28.8 Å². The number of imidazole rings is 1. The molecule has 7 heteroatoms. The van der Waals surface area contributed by atoms with Gasteiger partial charge >= 0.3 is 0 Å². The topological polar surface area (TPSA) is 64.0 Å². The zero-order valence-electron chi connectivity index (χ0n) is 9.69. The van der Waals surface area contributed by atoms with E-state index in [0.29, 0.717) is 5.33 Å². The molecule has 1 aromatic rings. The van der Waals surface area contributed by atoms with Crippen molar-refractivity contribution in [2.75, 3.05) is 5.33 Å². The van der Waals surface area contributed by atoms with Crippen LogP contribution in [0.2, 0.25) is 0 Å². The zero-order valence-corrected chi connectivity index (χ0v) is 12.1. The highest BCUT2D eigenvalue weighted by Crippen LogP contribution is 2.32. The smallest absolute Gasteiger partial charge is 0.260 e. The van der Waals surface area contributed by atoms with Crippen molar-refractivity contribution in [2.45, 2.75) is 36.2 Å². The third-order valence-corrected chi connectivity index (χ3v) is 5.66. The molecule has 5 nitrogen and oxygen atoms in total. The molecule has 0 atom stereocenters. The largest absolute Gasteiger partial charge is 0.339 e. The van der Waals surface area contributed by atoms with Crippen molar-refractivity contribution < 1.29 is 8.42 Å². The van der Waals surface area contributed by atoms with Crippen LogP contribution in [0, 0.1) is 0 Å². The van der Waals surface area contributed by atoms with Crippen molar-refractivity contribution in [2.24, 2.45) is 7.05 Å². The maximum atomic E-state index is 12.2. The quantitative estimate of drug-likeness (QED) is 0.853. The summed E-state index contributed by atoms with van der Waals surface area (Å²) in [5.74, 6) is 0. The number of aryl methyl sites for hydroxylation is 1. The molecule has 1 N–H and O–H groups in total. The van der Waals surface area contributed by atoms with Gasteiger partial charge in [-0.15, -0.1) is 0 Å². The van der Waals surface area contributed by atoms with Crippen LogP contribution in [0.4, 0.5) is 0 Å². The highest BCUT2D eigenvalue weighted by Gasteiger charge is 2.37. The Morgan fingerprint density at radius 2 is 2.18 bits per heavy atom. The van der Waals surface area contributed by atoms with Gasteiger partial charge < -0.3 is 4.57 Å². The van der Waals surface area contributed by atoms with Gasteiger partial charge in [0.1, 0.15) is 0 Å². The number of aromatic nitrogens is 2. The average Bonchev–Trinajstić information content (AvgIpc) is 2.87. The second-order valence-electron chi connectivity index (χ2n) is 4.60. The maximum absolute atomic E-state index is 12.2. The molecule has 0 spiro atoms. The number of alkyl halides is 1. The molecule has 0 aliphatic heterocycles. The fraction of sp³-hybridized carbons (Fsp3) is 0.700. The third kappa shape index (κ3) is 2.71. The summed E-state index contributed by atoms with van der Waals surface area (Å²) in [6.45, 7) is 0. The average molecular weight is 322 g/mol. The second kappa shape index (κ2) is 4.70. The van der Waals surface area contributed by atoms with E-state index in [-0.39, 0.29) is 10.6 Å². The van der Waals surface area contributed by atoms with Gasteiger partial charge in [0.05, 0.1) is 6.33 Å². The first kappa shape index (κ1) is 13.0. The molecule has 1 aliphatic rings. The molecule has 0 bridgehead atoms. The predicted molar refractivity (Wildman–Crippen MR) is 68.5 cm³/mol. The molecule has 96 valence electrons. The Bertz CT molecular complexity index is 491. The summed E-state index contributed by atoms with van der Waals surface area (Å²) in [5, 5.41) is 0.735. The fourth-order valence-electron chi connectivity index (χ4n) is 2.18. The van der Waals surface area contributed by atoms with Crippen LogP contribution in [0.5, 0.6) is 0 Å². The van der Waals surface area contributed by atoms with Crippen LogP contribution in [-0.4, -0.2) is 28.8 Å². The molecule has 0 radical (unpaired) electrons. The monoisotopic (exact) mass is 321 g/mol. The molecule has 0 unspecified atom stereocenters. The standard InChI is InChI=1S/C10H16BrN3O2S/c1-14-6-9(12-8-14)17(15,16)13-10(7-11)4-2-3-5-10/h6,8,13H,2-5,7H2,1H3. The highest BCUT2D eigenvalue weighted by atomic mass is 79.9. The van der Waals surface area contributed by atoms with Gasteiger partial charge in [0.15, 0.2) is 5.03 Å². The lowest BCUT2D eigenvalue weighted by atomic mass is 10.0. The third-order valence-electron chi connectivity index (χ3n) is 3.12. The number of hydrogen-bond donors (Lipinski definition) is 1. The minimum absolute atomic E-state index is 0.0900. The van der Waals surface area contributed by atoms with Gasteiger partial charge in [0, 0.05) is 24.1 Å². The SMILES string of the molecule is Cn1cnc(S(=O)(=O)NC2(CBr)CCCC2)c1. The Hall–Kier alpha value is -0.400. The molecule has 1 fully saturated rings. The minimum Gasteiger partial charge on any atom is -0.339 e. The van der Waals surface area contributed by atoms with Crippen LogP contribution in [-0.2, 0) is 17.1 Å². The second-order valence-corrected chi connectivity index (χ2v) is 6.79. The van der Waals surface area contributed by atoms with Crippen LogP contribution in [0.25, 0.3) is 0 Å². The van der Waals surface area contributed by atoms with E-state index in [1.165, 1.54) is 12.5 Å². The molecule has 17 heavy (non-hydrogen) atoms. The van der Waals surface area contributed by atoms with E-state index >= 15 is 0 Å². The lowest BCUT2D eigenvalue weighted by Gasteiger charge is -2.27.